The number of carbonyl (C=O) groups is 2. The Kier molecular flexibility index (Phi) is 3.42. The number of ketones is 1. The van der Waals surface area contributed by atoms with Gasteiger partial charge in [0, 0.05) is 17.3 Å². The molecule has 1 aromatic rings. The fourth-order valence-corrected chi connectivity index (χ4v) is 1.51. The van der Waals surface area contributed by atoms with Crippen molar-refractivity contribution in [3.8, 4) is 0 Å². The van der Waals surface area contributed by atoms with Gasteiger partial charge in [-0.15, -0.1) is 0 Å². The summed E-state index contributed by atoms with van der Waals surface area (Å²) >= 11 is 0. The summed E-state index contributed by atoms with van der Waals surface area (Å²) < 4.78 is 0. The van der Waals surface area contributed by atoms with Gasteiger partial charge in [0.1, 0.15) is 0 Å². The molecule has 0 saturated heterocycles. The van der Waals surface area contributed by atoms with Gasteiger partial charge in [0.05, 0.1) is 6.54 Å². The van der Waals surface area contributed by atoms with Crippen LogP contribution in [0.4, 0.5) is 5.69 Å². The average molecular weight is 232 g/mol. The molecule has 1 saturated carbocycles. The highest BCUT2D eigenvalue weighted by Crippen LogP contribution is 2.18. The van der Waals surface area contributed by atoms with Crippen LogP contribution >= 0.6 is 0 Å². The normalized spacial score (nSPS) is 14.2. The third-order valence-electron chi connectivity index (χ3n) is 2.69. The monoisotopic (exact) mass is 232 g/mol. The molecule has 0 aliphatic heterocycles. The smallest absolute Gasteiger partial charge is 0.239 e. The maximum absolute atomic E-state index is 11.4. The molecule has 0 heterocycles. The van der Waals surface area contributed by atoms with Gasteiger partial charge >= 0.3 is 0 Å². The number of rotatable bonds is 5. The van der Waals surface area contributed by atoms with E-state index in [0.29, 0.717) is 11.6 Å². The average Bonchev–Trinajstić information content (AvgIpc) is 3.11. The fraction of sp³-hybridized carbons (Fsp3) is 0.385. The molecule has 1 aliphatic carbocycles. The molecule has 4 nitrogen and oxygen atoms in total. The minimum atomic E-state index is 0.0168. The van der Waals surface area contributed by atoms with Gasteiger partial charge in [-0.3, -0.25) is 9.59 Å². The molecule has 0 spiro atoms. The fourth-order valence-electron chi connectivity index (χ4n) is 1.51. The molecule has 1 aromatic carbocycles. The number of carbonyl (C=O) groups excluding carboxylic acids is 2. The molecule has 2 rings (SSSR count). The number of nitrogens with one attached hydrogen (secondary N) is 2. The summed E-state index contributed by atoms with van der Waals surface area (Å²) in [6.07, 6.45) is 2.19. The molecule has 1 aliphatic rings. The Hall–Kier alpha value is -1.84. The lowest BCUT2D eigenvalue weighted by atomic mass is 10.1. The van der Waals surface area contributed by atoms with Crippen LogP contribution in [0.25, 0.3) is 0 Å². The van der Waals surface area contributed by atoms with Gasteiger partial charge < -0.3 is 10.6 Å². The van der Waals surface area contributed by atoms with Gasteiger partial charge in [0.2, 0.25) is 5.91 Å². The first kappa shape index (κ1) is 11.6. The maximum Gasteiger partial charge on any atom is 0.239 e. The van der Waals surface area contributed by atoms with Crippen LogP contribution in [0.3, 0.4) is 0 Å². The minimum absolute atomic E-state index is 0.0168. The Balaban J connectivity index is 1.81. The third kappa shape index (κ3) is 3.59. The molecule has 0 unspecified atom stereocenters. The molecule has 0 radical (unpaired) electrons. The molecule has 0 aromatic heterocycles. The van der Waals surface area contributed by atoms with Crippen molar-refractivity contribution in [2.75, 3.05) is 11.9 Å². The standard InChI is InChI=1S/C13H16N2O2/c1-9(16)10-2-4-11(5-3-10)14-8-13(17)15-12-6-7-12/h2-5,12,14H,6-8H2,1H3,(H,15,17). The number of hydrogen-bond acceptors (Lipinski definition) is 3. The van der Waals surface area contributed by atoms with Crippen molar-refractivity contribution in [2.45, 2.75) is 25.8 Å². The van der Waals surface area contributed by atoms with Crippen molar-refractivity contribution in [2.24, 2.45) is 0 Å². The van der Waals surface area contributed by atoms with Crippen molar-refractivity contribution >= 4 is 17.4 Å². The van der Waals surface area contributed by atoms with Gasteiger partial charge in [0.25, 0.3) is 0 Å². The van der Waals surface area contributed by atoms with E-state index in [2.05, 4.69) is 10.6 Å². The van der Waals surface area contributed by atoms with Gasteiger partial charge in [-0.05, 0) is 44.0 Å². The lowest BCUT2D eigenvalue weighted by molar-refractivity contribution is -0.119. The summed E-state index contributed by atoms with van der Waals surface area (Å²) in [4.78, 5) is 22.5. The minimum Gasteiger partial charge on any atom is -0.376 e. The molecule has 17 heavy (non-hydrogen) atoms. The molecule has 90 valence electrons. The van der Waals surface area contributed by atoms with Crippen LogP contribution in [0.1, 0.15) is 30.1 Å². The van der Waals surface area contributed by atoms with E-state index < -0.39 is 0 Å². The van der Waals surface area contributed by atoms with Crippen molar-refractivity contribution in [1.29, 1.82) is 0 Å². The second-order valence-corrected chi connectivity index (χ2v) is 4.33. The van der Waals surface area contributed by atoms with E-state index in [1.807, 2.05) is 0 Å². The molecular weight excluding hydrogens is 216 g/mol. The first-order chi connectivity index (χ1) is 8.15. The van der Waals surface area contributed by atoms with E-state index in [1.165, 1.54) is 6.92 Å². The highest BCUT2D eigenvalue weighted by molar-refractivity contribution is 5.94. The summed E-state index contributed by atoms with van der Waals surface area (Å²) in [5.41, 5.74) is 1.53. The zero-order valence-electron chi connectivity index (χ0n) is 9.82. The predicted molar refractivity (Wildman–Crippen MR) is 66.1 cm³/mol. The Labute approximate surface area is 100 Å². The van der Waals surface area contributed by atoms with Crippen LogP contribution in [-0.4, -0.2) is 24.3 Å². The van der Waals surface area contributed by atoms with E-state index in [1.54, 1.807) is 24.3 Å². The third-order valence-corrected chi connectivity index (χ3v) is 2.69. The molecule has 0 bridgehead atoms. The second-order valence-electron chi connectivity index (χ2n) is 4.33. The number of amides is 1. The molecule has 1 fully saturated rings. The van der Waals surface area contributed by atoms with E-state index in [4.69, 9.17) is 0 Å². The summed E-state index contributed by atoms with van der Waals surface area (Å²) in [5, 5.41) is 5.92. The highest BCUT2D eigenvalue weighted by atomic mass is 16.2. The largest absolute Gasteiger partial charge is 0.376 e. The summed E-state index contributed by atoms with van der Waals surface area (Å²) in [6.45, 7) is 1.81. The van der Waals surface area contributed by atoms with Crippen molar-refractivity contribution < 1.29 is 9.59 Å². The van der Waals surface area contributed by atoms with E-state index in [-0.39, 0.29) is 18.2 Å². The molecule has 0 atom stereocenters. The first-order valence-corrected chi connectivity index (χ1v) is 5.79. The number of benzene rings is 1. The van der Waals surface area contributed by atoms with Crippen LogP contribution in [0, 0.1) is 0 Å². The van der Waals surface area contributed by atoms with Gasteiger partial charge in [-0.25, -0.2) is 0 Å². The Morgan fingerprint density at radius 2 is 1.88 bits per heavy atom. The maximum atomic E-state index is 11.4. The van der Waals surface area contributed by atoms with Crippen LogP contribution in [0.5, 0.6) is 0 Å². The summed E-state index contributed by atoms with van der Waals surface area (Å²) in [6, 6.07) is 7.51. The number of hydrogen-bond donors (Lipinski definition) is 2. The number of Topliss-reactive ketones (excluding diaryl/α,β-unsaturated/α-hetero) is 1. The zero-order valence-corrected chi connectivity index (χ0v) is 9.82. The van der Waals surface area contributed by atoms with Crippen LogP contribution in [0.15, 0.2) is 24.3 Å². The zero-order chi connectivity index (χ0) is 12.3. The van der Waals surface area contributed by atoms with Crippen LogP contribution < -0.4 is 10.6 Å². The van der Waals surface area contributed by atoms with Crippen LogP contribution in [-0.2, 0) is 4.79 Å². The first-order valence-electron chi connectivity index (χ1n) is 5.79. The van der Waals surface area contributed by atoms with Crippen molar-refractivity contribution in [3.05, 3.63) is 29.8 Å². The summed E-state index contributed by atoms with van der Waals surface area (Å²) in [7, 11) is 0. The Bertz CT molecular complexity index is 422. The highest BCUT2D eigenvalue weighted by Gasteiger charge is 2.22. The van der Waals surface area contributed by atoms with Crippen LogP contribution in [0.2, 0.25) is 0 Å². The van der Waals surface area contributed by atoms with Crippen molar-refractivity contribution in [1.82, 2.24) is 5.32 Å². The molecule has 2 N–H and O–H groups in total. The second kappa shape index (κ2) is 4.99. The van der Waals surface area contributed by atoms with E-state index in [0.717, 1.165) is 18.5 Å². The molecule has 4 heteroatoms. The van der Waals surface area contributed by atoms with Gasteiger partial charge in [0.15, 0.2) is 5.78 Å². The topological polar surface area (TPSA) is 58.2 Å². The SMILES string of the molecule is CC(=O)c1ccc(NCC(=O)NC2CC2)cc1. The lowest BCUT2D eigenvalue weighted by Gasteiger charge is -2.07. The van der Waals surface area contributed by atoms with E-state index >= 15 is 0 Å². The lowest BCUT2D eigenvalue weighted by Crippen LogP contribution is -2.31. The van der Waals surface area contributed by atoms with Gasteiger partial charge in [-0.2, -0.15) is 0 Å². The molecule has 1 amide bonds. The summed E-state index contributed by atoms with van der Waals surface area (Å²) in [5.74, 6) is 0.0613. The Morgan fingerprint density at radius 1 is 1.24 bits per heavy atom. The number of anilines is 1. The van der Waals surface area contributed by atoms with Gasteiger partial charge in [-0.1, -0.05) is 0 Å². The Morgan fingerprint density at radius 3 is 2.41 bits per heavy atom. The predicted octanol–water partition coefficient (Wildman–Crippen LogP) is 1.58. The quantitative estimate of drug-likeness (QED) is 0.758. The molecular formula is C13H16N2O2. The van der Waals surface area contributed by atoms with Crippen molar-refractivity contribution in [3.63, 3.8) is 0 Å². The van der Waals surface area contributed by atoms with E-state index in [9.17, 15) is 9.59 Å².